The van der Waals surface area contributed by atoms with E-state index in [-0.39, 0.29) is 24.8 Å². The van der Waals surface area contributed by atoms with Crippen molar-refractivity contribution in [2.24, 2.45) is 5.10 Å². The first kappa shape index (κ1) is 10.7. The fourth-order valence-electron chi connectivity index (χ4n) is 1.47. The molecule has 0 fully saturated rings. The van der Waals surface area contributed by atoms with E-state index in [1.165, 1.54) is 6.92 Å². The van der Waals surface area contributed by atoms with Crippen molar-refractivity contribution in [2.75, 3.05) is 6.54 Å². The number of hydrogen-bond acceptors (Lipinski definition) is 4. The molecule has 0 aromatic carbocycles. The van der Waals surface area contributed by atoms with E-state index in [0.717, 1.165) is 0 Å². The molecule has 14 heavy (non-hydrogen) atoms. The number of carboxylic acids is 1. The van der Waals surface area contributed by atoms with Gasteiger partial charge in [-0.1, -0.05) is 0 Å². The van der Waals surface area contributed by atoms with Crippen LogP contribution in [0.4, 0.5) is 0 Å². The van der Waals surface area contributed by atoms with E-state index in [1.54, 1.807) is 5.01 Å². The Labute approximate surface area is 82.4 Å². The maximum Gasteiger partial charge on any atom is 0.309 e. The average Bonchev–Trinajstić information content (AvgIpc) is 2.28. The molecule has 0 amide bonds. The van der Waals surface area contributed by atoms with Gasteiger partial charge in [0.05, 0.1) is 24.7 Å². The van der Waals surface area contributed by atoms with Crippen molar-refractivity contribution >= 4 is 17.5 Å². The molecule has 0 aliphatic carbocycles. The van der Waals surface area contributed by atoms with E-state index < -0.39 is 5.97 Å². The number of aliphatic carboxylic acids is 1. The molecule has 1 aliphatic rings. The highest BCUT2D eigenvalue weighted by Crippen LogP contribution is 2.16. The van der Waals surface area contributed by atoms with Gasteiger partial charge in [0.2, 0.25) is 0 Å². The Bertz CT molecular complexity index is 286. The number of carbonyl (C=O) groups is 2. The van der Waals surface area contributed by atoms with Crippen LogP contribution in [0.5, 0.6) is 0 Å². The summed E-state index contributed by atoms with van der Waals surface area (Å²) in [6.45, 7) is 3.70. The topological polar surface area (TPSA) is 70.0 Å². The second-order valence-electron chi connectivity index (χ2n) is 3.59. The molecule has 0 saturated carbocycles. The van der Waals surface area contributed by atoms with E-state index in [1.807, 2.05) is 6.92 Å². The third-order valence-corrected chi connectivity index (χ3v) is 2.05. The second kappa shape index (κ2) is 4.21. The Morgan fingerprint density at radius 1 is 1.64 bits per heavy atom. The fourth-order valence-corrected chi connectivity index (χ4v) is 1.47. The number of Topliss-reactive ketones (excluding diaryl/α,β-unsaturated/α-hetero) is 1. The number of carbonyl (C=O) groups excluding carboxylic acids is 1. The Kier molecular flexibility index (Phi) is 3.22. The second-order valence-corrected chi connectivity index (χ2v) is 3.59. The molecule has 5 heteroatoms. The molecular weight excluding hydrogens is 184 g/mol. The summed E-state index contributed by atoms with van der Waals surface area (Å²) in [5.41, 5.74) is 0.645. The van der Waals surface area contributed by atoms with Crippen LogP contribution in [-0.4, -0.2) is 40.2 Å². The van der Waals surface area contributed by atoms with E-state index >= 15 is 0 Å². The van der Waals surface area contributed by atoms with Gasteiger partial charge in [0, 0.05) is 6.42 Å². The molecule has 78 valence electrons. The molecular formula is C9H14N2O3. The normalized spacial score (nSPS) is 20.9. The van der Waals surface area contributed by atoms with Crippen molar-refractivity contribution in [1.29, 1.82) is 0 Å². The molecule has 0 aromatic rings. The Hall–Kier alpha value is -1.39. The van der Waals surface area contributed by atoms with Gasteiger partial charge in [0.15, 0.2) is 5.78 Å². The molecule has 0 spiro atoms. The zero-order chi connectivity index (χ0) is 10.7. The molecule has 1 heterocycles. The van der Waals surface area contributed by atoms with Gasteiger partial charge in [-0.3, -0.25) is 14.6 Å². The highest BCUT2D eigenvalue weighted by Gasteiger charge is 2.24. The minimum absolute atomic E-state index is 0.0290. The average molecular weight is 198 g/mol. The Morgan fingerprint density at radius 2 is 2.29 bits per heavy atom. The molecule has 0 saturated heterocycles. The first-order chi connectivity index (χ1) is 6.49. The van der Waals surface area contributed by atoms with Crippen LogP contribution in [0, 0.1) is 0 Å². The van der Waals surface area contributed by atoms with Crippen molar-refractivity contribution in [3.8, 4) is 0 Å². The van der Waals surface area contributed by atoms with Gasteiger partial charge in [-0.25, -0.2) is 0 Å². The van der Waals surface area contributed by atoms with Gasteiger partial charge >= 0.3 is 5.97 Å². The van der Waals surface area contributed by atoms with Crippen molar-refractivity contribution < 1.29 is 14.7 Å². The van der Waals surface area contributed by atoms with Gasteiger partial charge in [-0.05, 0) is 13.8 Å². The summed E-state index contributed by atoms with van der Waals surface area (Å²) in [6.07, 6.45) is 0.609. The van der Waals surface area contributed by atoms with Crippen molar-refractivity contribution in [3.05, 3.63) is 0 Å². The highest BCUT2D eigenvalue weighted by atomic mass is 16.4. The quantitative estimate of drug-likeness (QED) is 0.714. The van der Waals surface area contributed by atoms with Crippen LogP contribution in [0.2, 0.25) is 0 Å². The lowest BCUT2D eigenvalue weighted by Crippen LogP contribution is -2.28. The first-order valence-corrected chi connectivity index (χ1v) is 4.53. The summed E-state index contributed by atoms with van der Waals surface area (Å²) in [6, 6.07) is 0.133. The zero-order valence-corrected chi connectivity index (χ0v) is 8.36. The maximum absolute atomic E-state index is 10.8. The largest absolute Gasteiger partial charge is 0.481 e. The predicted molar refractivity (Wildman–Crippen MR) is 51.2 cm³/mol. The number of hydrazone groups is 1. The molecule has 1 aliphatic heterocycles. The van der Waals surface area contributed by atoms with Crippen LogP contribution in [-0.2, 0) is 9.59 Å². The summed E-state index contributed by atoms with van der Waals surface area (Å²) in [7, 11) is 0. The lowest BCUT2D eigenvalue weighted by atomic mass is 10.1. The van der Waals surface area contributed by atoms with Crippen LogP contribution >= 0.6 is 0 Å². The summed E-state index contributed by atoms with van der Waals surface area (Å²) >= 11 is 0. The van der Waals surface area contributed by atoms with E-state index in [4.69, 9.17) is 5.11 Å². The molecule has 1 rings (SSSR count). The van der Waals surface area contributed by atoms with Crippen LogP contribution in [0.15, 0.2) is 5.10 Å². The zero-order valence-electron chi connectivity index (χ0n) is 8.36. The van der Waals surface area contributed by atoms with Gasteiger partial charge < -0.3 is 5.11 Å². The number of ketones is 1. The molecule has 1 unspecified atom stereocenters. The molecule has 0 bridgehead atoms. The summed E-state index contributed by atoms with van der Waals surface area (Å²) < 4.78 is 0. The van der Waals surface area contributed by atoms with E-state index in [2.05, 4.69) is 5.10 Å². The molecule has 1 N–H and O–H groups in total. The molecule has 1 atom stereocenters. The standard InChI is InChI=1S/C9H14N2O3/c1-6-3-8(4-9(13)14)10-11(6)5-7(2)12/h6H,3-5H2,1-2H3,(H,13,14). The Morgan fingerprint density at radius 3 is 2.79 bits per heavy atom. The third-order valence-electron chi connectivity index (χ3n) is 2.05. The lowest BCUT2D eigenvalue weighted by molar-refractivity contribution is -0.135. The van der Waals surface area contributed by atoms with Gasteiger partial charge in [0.25, 0.3) is 0 Å². The lowest BCUT2D eigenvalue weighted by Gasteiger charge is -2.17. The predicted octanol–water partition coefficient (Wildman–Crippen LogP) is 0.500. The minimum atomic E-state index is -0.874. The fraction of sp³-hybridized carbons (Fsp3) is 0.667. The number of hydrogen-bond donors (Lipinski definition) is 1. The SMILES string of the molecule is CC(=O)CN1N=C(CC(=O)O)CC1C. The van der Waals surface area contributed by atoms with Gasteiger partial charge in [0.1, 0.15) is 0 Å². The number of carboxylic acid groups (broad SMARTS) is 1. The first-order valence-electron chi connectivity index (χ1n) is 4.53. The summed E-state index contributed by atoms with van der Waals surface area (Å²) in [5, 5.41) is 14.3. The van der Waals surface area contributed by atoms with Crippen molar-refractivity contribution in [3.63, 3.8) is 0 Å². The third kappa shape index (κ3) is 2.83. The van der Waals surface area contributed by atoms with Crippen LogP contribution < -0.4 is 0 Å². The summed E-state index contributed by atoms with van der Waals surface area (Å²) in [4.78, 5) is 21.3. The van der Waals surface area contributed by atoms with Gasteiger partial charge in [-0.2, -0.15) is 5.10 Å². The smallest absolute Gasteiger partial charge is 0.309 e. The number of nitrogens with zero attached hydrogens (tertiary/aromatic N) is 2. The summed E-state index contributed by atoms with van der Waals surface area (Å²) in [5.74, 6) is -0.835. The highest BCUT2D eigenvalue weighted by molar-refractivity contribution is 5.99. The van der Waals surface area contributed by atoms with Crippen LogP contribution in [0.25, 0.3) is 0 Å². The van der Waals surface area contributed by atoms with Gasteiger partial charge in [-0.15, -0.1) is 0 Å². The monoisotopic (exact) mass is 198 g/mol. The van der Waals surface area contributed by atoms with E-state index in [0.29, 0.717) is 12.1 Å². The van der Waals surface area contributed by atoms with Crippen LogP contribution in [0.3, 0.4) is 0 Å². The minimum Gasteiger partial charge on any atom is -0.481 e. The molecule has 0 radical (unpaired) electrons. The van der Waals surface area contributed by atoms with Crippen LogP contribution in [0.1, 0.15) is 26.7 Å². The molecule has 0 aromatic heterocycles. The molecule has 5 nitrogen and oxygen atoms in total. The number of rotatable bonds is 4. The van der Waals surface area contributed by atoms with Crippen molar-refractivity contribution in [2.45, 2.75) is 32.7 Å². The maximum atomic E-state index is 10.8. The van der Waals surface area contributed by atoms with Crippen molar-refractivity contribution in [1.82, 2.24) is 5.01 Å². The van der Waals surface area contributed by atoms with E-state index in [9.17, 15) is 9.59 Å². The Balaban J connectivity index is 2.57.